The van der Waals surface area contributed by atoms with Gasteiger partial charge >= 0.3 is 0 Å². The first kappa shape index (κ1) is 19.9. The molecule has 1 aromatic heterocycles. The number of hydrogen-bond acceptors (Lipinski definition) is 0. The van der Waals surface area contributed by atoms with Crippen molar-refractivity contribution in [1.82, 2.24) is 4.98 Å². The van der Waals surface area contributed by atoms with Crippen LogP contribution < -0.4 is 0 Å². The van der Waals surface area contributed by atoms with Crippen molar-refractivity contribution >= 4 is 39.1 Å². The summed E-state index contributed by atoms with van der Waals surface area (Å²) in [6.07, 6.45) is 0. The third-order valence-electron chi connectivity index (χ3n) is 7.80. The minimum atomic E-state index is -0.0177. The highest BCUT2D eigenvalue weighted by molar-refractivity contribution is 6.36. The van der Waals surface area contributed by atoms with Gasteiger partial charge in [-0.05, 0) is 62.6 Å². The predicted octanol–water partition coefficient (Wildman–Crippen LogP) is 8.81. The summed E-state index contributed by atoms with van der Waals surface area (Å²) in [5.41, 5.74) is 11.7. The van der Waals surface area contributed by atoms with Crippen molar-refractivity contribution < 1.29 is 0 Å². The molecule has 0 atom stereocenters. The van der Waals surface area contributed by atoms with Crippen LogP contribution in [0.1, 0.15) is 71.6 Å². The fourth-order valence-electron chi connectivity index (χ4n) is 6.32. The van der Waals surface area contributed by atoms with Crippen LogP contribution in [0.3, 0.4) is 0 Å². The molecule has 0 fully saturated rings. The number of halogens is 1. The van der Waals surface area contributed by atoms with E-state index in [0.29, 0.717) is 0 Å². The van der Waals surface area contributed by atoms with Crippen LogP contribution in [0.2, 0.25) is 5.02 Å². The Kier molecular flexibility index (Phi) is 3.82. The summed E-state index contributed by atoms with van der Waals surface area (Å²) in [7, 11) is 0. The third kappa shape index (κ3) is 2.41. The van der Waals surface area contributed by atoms with E-state index >= 15 is 0 Å². The van der Waals surface area contributed by atoms with Gasteiger partial charge in [0.2, 0.25) is 0 Å². The summed E-state index contributed by atoms with van der Waals surface area (Å²) in [5, 5.41) is 3.10. The maximum Gasteiger partial charge on any atom is 0.193 e. The van der Waals surface area contributed by atoms with E-state index in [2.05, 4.69) is 91.3 Å². The van der Waals surface area contributed by atoms with Gasteiger partial charge < -0.3 is 4.98 Å². The smallest absolute Gasteiger partial charge is 0.193 e. The predicted molar refractivity (Wildman–Crippen MR) is 141 cm³/mol. The molecule has 0 amide bonds. The van der Waals surface area contributed by atoms with Gasteiger partial charge in [-0.25, -0.2) is 4.85 Å². The van der Waals surface area contributed by atoms with Crippen LogP contribution in [0.15, 0.2) is 66.7 Å². The van der Waals surface area contributed by atoms with E-state index in [4.69, 9.17) is 18.2 Å². The van der Waals surface area contributed by atoms with Crippen molar-refractivity contribution in [3.63, 3.8) is 0 Å². The molecule has 3 heteroatoms. The van der Waals surface area contributed by atoms with Crippen molar-refractivity contribution in [2.75, 3.05) is 0 Å². The van der Waals surface area contributed by atoms with Crippen molar-refractivity contribution in [3.05, 3.63) is 122 Å². The lowest BCUT2D eigenvalue weighted by Crippen LogP contribution is -2.27. The molecule has 0 spiro atoms. The molecule has 1 N–H and O–H groups in total. The second-order valence-electron chi connectivity index (χ2n) is 10.6. The van der Waals surface area contributed by atoms with Gasteiger partial charge in [0.1, 0.15) is 0 Å². The molecule has 164 valence electrons. The summed E-state index contributed by atoms with van der Waals surface area (Å²) >= 11 is 6.85. The lowest BCUT2D eigenvalue weighted by molar-refractivity contribution is 0.591. The molecule has 0 aliphatic heterocycles. The first-order chi connectivity index (χ1) is 16.4. The highest BCUT2D eigenvalue weighted by Gasteiger charge is 2.43. The van der Waals surface area contributed by atoms with Crippen LogP contribution in [0, 0.1) is 6.57 Å². The number of aromatic amines is 1. The van der Waals surface area contributed by atoms with Gasteiger partial charge in [-0.3, -0.25) is 0 Å². The Bertz CT molecular complexity index is 1680. The minimum Gasteiger partial charge on any atom is -0.354 e. The topological polar surface area (TPSA) is 20.1 Å². The molecule has 0 saturated heterocycles. The van der Waals surface area contributed by atoms with E-state index in [-0.39, 0.29) is 17.3 Å². The first-order valence-corrected chi connectivity index (χ1v) is 12.1. The van der Waals surface area contributed by atoms with E-state index in [1.54, 1.807) is 0 Å². The highest BCUT2D eigenvalue weighted by Crippen LogP contribution is 2.60. The molecule has 8 rings (SSSR count). The second kappa shape index (κ2) is 6.53. The van der Waals surface area contributed by atoms with Gasteiger partial charge in [-0.15, -0.1) is 0 Å². The zero-order valence-electron chi connectivity index (χ0n) is 19.3. The van der Waals surface area contributed by atoms with E-state index in [9.17, 15) is 0 Å². The van der Waals surface area contributed by atoms with Crippen molar-refractivity contribution in [1.29, 1.82) is 0 Å². The molecular weight excluding hydrogens is 436 g/mol. The number of rotatable bonds is 0. The average Bonchev–Trinajstić information content (AvgIpc) is 3.22. The third-order valence-corrected chi connectivity index (χ3v) is 8.10. The Labute approximate surface area is 204 Å². The van der Waals surface area contributed by atoms with Crippen LogP contribution in [-0.2, 0) is 5.41 Å². The Morgan fingerprint density at radius 3 is 1.91 bits per heavy atom. The summed E-state index contributed by atoms with van der Waals surface area (Å²) < 4.78 is 0. The molecule has 0 unspecified atom stereocenters. The van der Waals surface area contributed by atoms with Gasteiger partial charge in [0, 0.05) is 28.1 Å². The number of nitrogens with one attached hydrogen (secondary N) is 1. The molecule has 2 nitrogen and oxygen atoms in total. The summed E-state index contributed by atoms with van der Waals surface area (Å²) in [6.45, 7) is 14.8. The fourth-order valence-corrected chi connectivity index (χ4v) is 6.58. The Hall–Kier alpha value is -3.54. The van der Waals surface area contributed by atoms with E-state index in [1.165, 1.54) is 44.3 Å². The SMILES string of the molecule is [C-]#[N+]c1cc2[nH]c3c(Cl)cc(C(C)(C)C)cc3c2c2c1C1c3ccccc3C2c2ccccc21. The van der Waals surface area contributed by atoms with E-state index < -0.39 is 0 Å². The molecule has 1 heterocycles. The Balaban J connectivity index is 1.69. The molecular formula is C31H23ClN2. The van der Waals surface area contributed by atoms with Crippen molar-refractivity contribution in [2.24, 2.45) is 0 Å². The quantitative estimate of drug-likeness (QED) is 0.219. The lowest BCUT2D eigenvalue weighted by Gasteiger charge is -2.43. The number of nitrogens with zero attached hydrogens (tertiary/aromatic N) is 1. The Morgan fingerprint density at radius 2 is 1.38 bits per heavy atom. The van der Waals surface area contributed by atoms with Crippen molar-refractivity contribution in [3.8, 4) is 0 Å². The summed E-state index contributed by atoms with van der Waals surface area (Å²) in [6, 6.07) is 24.0. The molecule has 34 heavy (non-hydrogen) atoms. The van der Waals surface area contributed by atoms with E-state index in [1.807, 2.05) is 6.07 Å². The fraction of sp³-hybridized carbons (Fsp3) is 0.194. The van der Waals surface area contributed by atoms with Gasteiger partial charge in [0.25, 0.3) is 0 Å². The molecule has 3 aliphatic carbocycles. The van der Waals surface area contributed by atoms with Gasteiger partial charge in [0.05, 0.1) is 17.1 Å². The molecule has 3 aliphatic rings. The zero-order valence-corrected chi connectivity index (χ0v) is 20.1. The number of hydrogen-bond donors (Lipinski definition) is 1. The summed E-state index contributed by atoms with van der Waals surface area (Å²) in [4.78, 5) is 7.63. The molecule has 2 bridgehead atoms. The number of H-pyrrole nitrogens is 1. The number of benzene rings is 4. The van der Waals surface area contributed by atoms with E-state index in [0.717, 1.165) is 27.1 Å². The monoisotopic (exact) mass is 458 g/mol. The van der Waals surface area contributed by atoms with Gasteiger partial charge in [0.15, 0.2) is 5.69 Å². The maximum absolute atomic E-state index is 8.08. The normalized spacial score (nSPS) is 18.0. The number of aromatic nitrogens is 1. The maximum atomic E-state index is 8.08. The van der Waals surface area contributed by atoms with Gasteiger partial charge in [-0.2, -0.15) is 0 Å². The molecule has 4 aromatic carbocycles. The second-order valence-corrected chi connectivity index (χ2v) is 11.0. The molecule has 0 radical (unpaired) electrons. The average molecular weight is 459 g/mol. The standard InChI is InChI=1S/C31H23ClN2/c1-31(2,3)16-13-21-27-24(34-30(21)22(32)14-16)15-23(33-4)28-25-17-9-5-7-11-19(17)26(29(27)28)20-12-8-6-10-18(20)25/h5-15,25-26,34H,1-3H3. The largest absolute Gasteiger partial charge is 0.354 e. The zero-order chi connectivity index (χ0) is 23.4. The molecule has 0 saturated carbocycles. The van der Waals surface area contributed by atoms with Crippen LogP contribution in [0.4, 0.5) is 5.69 Å². The number of fused-ring (bicyclic) bond motifs is 3. The van der Waals surface area contributed by atoms with Crippen molar-refractivity contribution in [2.45, 2.75) is 38.0 Å². The molecule has 5 aromatic rings. The summed E-state index contributed by atoms with van der Waals surface area (Å²) in [5.74, 6) is 0.180. The van der Waals surface area contributed by atoms with Crippen LogP contribution >= 0.6 is 11.6 Å². The Morgan fingerprint density at radius 1 is 0.824 bits per heavy atom. The minimum absolute atomic E-state index is 0.0177. The van der Waals surface area contributed by atoms with Crippen LogP contribution in [-0.4, -0.2) is 4.98 Å². The lowest BCUT2D eigenvalue weighted by atomic mass is 9.60. The van der Waals surface area contributed by atoms with Crippen LogP contribution in [0.5, 0.6) is 0 Å². The van der Waals surface area contributed by atoms with Crippen LogP contribution in [0.25, 0.3) is 26.7 Å². The highest BCUT2D eigenvalue weighted by atomic mass is 35.5. The van der Waals surface area contributed by atoms with Gasteiger partial charge in [-0.1, -0.05) is 80.9 Å². The first-order valence-electron chi connectivity index (χ1n) is 11.8.